The van der Waals surface area contributed by atoms with Crippen molar-refractivity contribution in [1.29, 1.82) is 0 Å². The molecule has 0 aliphatic heterocycles. The molecule has 0 heterocycles. The highest BCUT2D eigenvalue weighted by Gasteiger charge is 2.08. The molecule has 3 nitrogen and oxygen atoms in total. The second-order valence-electron chi connectivity index (χ2n) is 5.51. The zero-order valence-corrected chi connectivity index (χ0v) is 14.0. The maximum atomic E-state index is 12.3. The fourth-order valence-electron chi connectivity index (χ4n) is 2.22. The van der Waals surface area contributed by atoms with Crippen molar-refractivity contribution >= 4 is 5.78 Å². The highest BCUT2D eigenvalue weighted by Crippen LogP contribution is 2.15. The van der Waals surface area contributed by atoms with E-state index in [0.717, 1.165) is 18.8 Å². The molecule has 24 heavy (non-hydrogen) atoms. The zero-order valence-electron chi connectivity index (χ0n) is 14.0. The Kier molecular flexibility index (Phi) is 6.99. The normalized spacial score (nSPS) is 10.9. The third kappa shape index (κ3) is 5.52. The first kappa shape index (κ1) is 17.7. The quantitative estimate of drug-likeness (QED) is 0.517. The first-order valence-corrected chi connectivity index (χ1v) is 7.97. The van der Waals surface area contributed by atoms with Crippen LogP contribution in [0.5, 0.6) is 5.75 Å². The van der Waals surface area contributed by atoms with Gasteiger partial charge in [0.15, 0.2) is 5.78 Å². The number of likely N-dealkylation sites (N-methyl/N-ethyl adjacent to an activating group) is 1. The maximum absolute atomic E-state index is 12.3. The van der Waals surface area contributed by atoms with Crippen LogP contribution in [0.1, 0.15) is 15.9 Å². The fourth-order valence-corrected chi connectivity index (χ4v) is 2.22. The van der Waals surface area contributed by atoms with E-state index in [-0.39, 0.29) is 5.78 Å². The van der Waals surface area contributed by atoms with Crippen LogP contribution >= 0.6 is 0 Å². The lowest BCUT2D eigenvalue weighted by Crippen LogP contribution is -2.17. The summed E-state index contributed by atoms with van der Waals surface area (Å²) in [6, 6.07) is 16.5. The van der Waals surface area contributed by atoms with Crippen LogP contribution in [0, 0.1) is 0 Å². The molecule has 0 saturated carbocycles. The van der Waals surface area contributed by atoms with Gasteiger partial charge in [0.2, 0.25) is 0 Å². The van der Waals surface area contributed by atoms with Crippen molar-refractivity contribution in [3.05, 3.63) is 90.5 Å². The van der Waals surface area contributed by atoms with E-state index < -0.39 is 0 Å². The predicted molar refractivity (Wildman–Crippen MR) is 98.6 cm³/mol. The van der Waals surface area contributed by atoms with Gasteiger partial charge in [-0.3, -0.25) is 9.69 Å². The largest absolute Gasteiger partial charge is 0.490 e. The third-order valence-electron chi connectivity index (χ3n) is 3.52. The number of ether oxygens (including phenoxy) is 1. The Morgan fingerprint density at radius 1 is 1.00 bits per heavy atom. The Balaban J connectivity index is 1.83. The van der Waals surface area contributed by atoms with Gasteiger partial charge in [-0.2, -0.15) is 0 Å². The van der Waals surface area contributed by atoms with E-state index >= 15 is 0 Å². The number of benzene rings is 2. The monoisotopic (exact) mass is 321 g/mol. The van der Waals surface area contributed by atoms with Crippen LogP contribution in [-0.4, -0.2) is 37.4 Å². The summed E-state index contributed by atoms with van der Waals surface area (Å²) in [5.41, 5.74) is 1.35. The number of carbonyl (C=O) groups excluding carboxylic acids is 1. The first-order valence-electron chi connectivity index (χ1n) is 7.97. The van der Waals surface area contributed by atoms with Crippen molar-refractivity contribution in [3.8, 4) is 5.75 Å². The second kappa shape index (κ2) is 9.48. The van der Waals surface area contributed by atoms with Gasteiger partial charge in [-0.25, -0.2) is 0 Å². The molecule has 0 amide bonds. The Morgan fingerprint density at radius 3 is 2.33 bits per heavy atom. The van der Waals surface area contributed by atoms with Gasteiger partial charge in [-0.1, -0.05) is 48.6 Å². The number of ketones is 1. The number of hydrogen-bond acceptors (Lipinski definition) is 3. The first-order chi connectivity index (χ1) is 11.7. The summed E-state index contributed by atoms with van der Waals surface area (Å²) in [5.74, 6) is 0.774. The topological polar surface area (TPSA) is 29.5 Å². The Morgan fingerprint density at radius 2 is 1.67 bits per heavy atom. The molecule has 0 aliphatic rings. The molecule has 0 radical (unpaired) electrons. The van der Waals surface area contributed by atoms with Crippen molar-refractivity contribution in [2.75, 3.05) is 26.7 Å². The number of rotatable bonds is 9. The molecule has 2 rings (SSSR count). The number of hydrogen-bond donors (Lipinski definition) is 0. The van der Waals surface area contributed by atoms with Crippen molar-refractivity contribution in [3.63, 3.8) is 0 Å². The van der Waals surface area contributed by atoms with E-state index in [1.54, 1.807) is 12.1 Å². The smallest absolute Gasteiger partial charge is 0.193 e. The molecule has 0 spiro atoms. The lowest BCUT2D eigenvalue weighted by molar-refractivity contribution is 0.103. The molecule has 0 aliphatic carbocycles. The summed E-state index contributed by atoms with van der Waals surface area (Å²) in [7, 11) is 2.04. The Hall–Kier alpha value is -2.65. The van der Waals surface area contributed by atoms with Crippen molar-refractivity contribution < 1.29 is 9.53 Å². The van der Waals surface area contributed by atoms with Crippen LogP contribution in [0.4, 0.5) is 0 Å². The Labute approximate surface area is 143 Å². The van der Waals surface area contributed by atoms with Gasteiger partial charge in [0.25, 0.3) is 0 Å². The van der Waals surface area contributed by atoms with Crippen LogP contribution in [0.3, 0.4) is 0 Å². The molecule has 0 atom stereocenters. The molecule has 124 valence electrons. The van der Waals surface area contributed by atoms with Gasteiger partial charge in [0, 0.05) is 24.2 Å². The highest BCUT2D eigenvalue weighted by atomic mass is 16.5. The number of nitrogens with zero attached hydrogens (tertiary/aromatic N) is 1. The third-order valence-corrected chi connectivity index (χ3v) is 3.52. The van der Waals surface area contributed by atoms with Gasteiger partial charge in [0.05, 0.1) is 0 Å². The molecule has 0 N–H and O–H groups in total. The average molecular weight is 321 g/mol. The van der Waals surface area contributed by atoms with Crippen LogP contribution in [0.25, 0.3) is 0 Å². The van der Waals surface area contributed by atoms with Gasteiger partial charge < -0.3 is 4.74 Å². The van der Waals surface area contributed by atoms with Gasteiger partial charge in [-0.15, -0.1) is 6.58 Å². The predicted octanol–water partition coefficient (Wildman–Crippen LogP) is 3.97. The molecule has 0 fully saturated rings. The molecule has 2 aromatic carbocycles. The van der Waals surface area contributed by atoms with Gasteiger partial charge in [0.1, 0.15) is 12.4 Å². The molecule has 0 aromatic heterocycles. The van der Waals surface area contributed by atoms with Crippen LogP contribution in [0.2, 0.25) is 0 Å². The fraction of sp³-hybridized carbons (Fsp3) is 0.190. The number of carbonyl (C=O) groups is 1. The molecule has 2 aromatic rings. The highest BCUT2D eigenvalue weighted by molar-refractivity contribution is 6.08. The molecule has 0 saturated heterocycles. The lowest BCUT2D eigenvalue weighted by Gasteiger charge is -2.10. The summed E-state index contributed by atoms with van der Waals surface area (Å²) in [5, 5.41) is 0. The van der Waals surface area contributed by atoms with Crippen LogP contribution in [-0.2, 0) is 0 Å². The maximum Gasteiger partial charge on any atom is 0.193 e. The molecule has 0 unspecified atom stereocenters. The van der Waals surface area contributed by atoms with Crippen LogP contribution in [0.15, 0.2) is 79.4 Å². The standard InChI is InChI=1S/C21H23NO2/c1-3-15-22(2)16-7-8-17-24-20-13-11-19(12-14-20)21(23)18-9-5-4-6-10-18/h3-14H,1,15-17H2,2H3/b8-7+. The van der Waals surface area contributed by atoms with Gasteiger partial charge in [-0.05, 0) is 31.3 Å². The van der Waals surface area contributed by atoms with Gasteiger partial charge >= 0.3 is 0 Å². The van der Waals surface area contributed by atoms with E-state index in [2.05, 4.69) is 17.6 Å². The van der Waals surface area contributed by atoms with Crippen molar-refractivity contribution in [1.82, 2.24) is 4.90 Å². The second-order valence-corrected chi connectivity index (χ2v) is 5.51. The summed E-state index contributed by atoms with van der Waals surface area (Å²) in [6.07, 6.45) is 5.93. The van der Waals surface area contributed by atoms with E-state index in [4.69, 9.17) is 4.74 Å². The summed E-state index contributed by atoms with van der Waals surface area (Å²) < 4.78 is 5.65. The zero-order chi connectivity index (χ0) is 17.2. The Bertz CT molecular complexity index is 675. The van der Waals surface area contributed by atoms with E-state index in [9.17, 15) is 4.79 Å². The molecule has 3 heteroatoms. The molecular weight excluding hydrogens is 298 g/mol. The van der Waals surface area contributed by atoms with Crippen LogP contribution < -0.4 is 4.74 Å². The summed E-state index contributed by atoms with van der Waals surface area (Å²) >= 11 is 0. The summed E-state index contributed by atoms with van der Waals surface area (Å²) in [4.78, 5) is 14.5. The molecule has 0 bridgehead atoms. The lowest BCUT2D eigenvalue weighted by atomic mass is 10.0. The molecular formula is C21H23NO2. The average Bonchev–Trinajstić information content (AvgIpc) is 2.62. The van der Waals surface area contributed by atoms with E-state index in [1.807, 2.05) is 61.7 Å². The summed E-state index contributed by atoms with van der Waals surface area (Å²) in [6.45, 7) is 5.94. The minimum atomic E-state index is 0.0206. The van der Waals surface area contributed by atoms with E-state index in [1.165, 1.54) is 0 Å². The SMILES string of the molecule is C=CCN(C)C/C=C/COc1ccc(C(=O)c2ccccc2)cc1. The minimum Gasteiger partial charge on any atom is -0.490 e. The van der Waals surface area contributed by atoms with E-state index in [0.29, 0.717) is 17.7 Å². The van der Waals surface area contributed by atoms with Crippen molar-refractivity contribution in [2.24, 2.45) is 0 Å². The van der Waals surface area contributed by atoms with Crippen molar-refractivity contribution in [2.45, 2.75) is 0 Å². The minimum absolute atomic E-state index is 0.0206.